The van der Waals surface area contributed by atoms with Crippen LogP contribution in [0, 0.1) is 11.8 Å². The van der Waals surface area contributed by atoms with Gasteiger partial charge in [-0.15, -0.1) is 0 Å². The zero-order valence-electron chi connectivity index (χ0n) is 9.16. The minimum absolute atomic E-state index is 0.124. The minimum atomic E-state index is -0.124. The van der Waals surface area contributed by atoms with Crippen molar-refractivity contribution in [2.75, 3.05) is 19.6 Å². The van der Waals surface area contributed by atoms with Crippen molar-refractivity contribution in [3.05, 3.63) is 0 Å². The highest BCUT2D eigenvalue weighted by molar-refractivity contribution is 4.76. The van der Waals surface area contributed by atoms with E-state index < -0.39 is 0 Å². The second-order valence-electron chi connectivity index (χ2n) is 4.56. The Bertz CT molecular complexity index is 147. The molecule has 2 nitrogen and oxygen atoms in total. The Balaban J connectivity index is 2.29. The van der Waals surface area contributed by atoms with E-state index in [1.165, 1.54) is 13.0 Å². The van der Waals surface area contributed by atoms with Crippen LogP contribution in [0.15, 0.2) is 0 Å². The summed E-state index contributed by atoms with van der Waals surface area (Å²) in [7, 11) is 0. The Morgan fingerprint density at radius 3 is 2.62 bits per heavy atom. The molecular weight excluding hydrogens is 162 g/mol. The van der Waals surface area contributed by atoms with Crippen molar-refractivity contribution in [2.24, 2.45) is 11.8 Å². The Hall–Kier alpha value is -0.0800. The van der Waals surface area contributed by atoms with Gasteiger partial charge >= 0.3 is 0 Å². The predicted molar refractivity (Wildman–Crippen MR) is 55.7 cm³/mol. The molecule has 0 bridgehead atoms. The van der Waals surface area contributed by atoms with Gasteiger partial charge in [0.2, 0.25) is 0 Å². The van der Waals surface area contributed by atoms with Crippen LogP contribution in [-0.2, 0) is 0 Å². The number of piperidine rings is 1. The molecule has 1 heterocycles. The Labute approximate surface area is 81.9 Å². The first kappa shape index (κ1) is 11.0. The Kier molecular flexibility index (Phi) is 4.20. The topological polar surface area (TPSA) is 23.5 Å². The van der Waals surface area contributed by atoms with Crippen LogP contribution in [0.4, 0.5) is 0 Å². The third kappa shape index (κ3) is 3.28. The molecule has 0 spiro atoms. The van der Waals surface area contributed by atoms with E-state index in [1.54, 1.807) is 0 Å². The van der Waals surface area contributed by atoms with Crippen LogP contribution in [-0.4, -0.2) is 35.7 Å². The van der Waals surface area contributed by atoms with Gasteiger partial charge in [0.15, 0.2) is 0 Å². The molecule has 0 aromatic heterocycles. The van der Waals surface area contributed by atoms with Crippen molar-refractivity contribution in [1.29, 1.82) is 0 Å². The van der Waals surface area contributed by atoms with Crippen LogP contribution in [0.3, 0.4) is 0 Å². The van der Waals surface area contributed by atoms with Crippen LogP contribution in [0.25, 0.3) is 0 Å². The third-order valence-corrected chi connectivity index (χ3v) is 3.36. The molecule has 3 atom stereocenters. The first-order valence-corrected chi connectivity index (χ1v) is 5.54. The lowest BCUT2D eigenvalue weighted by atomic mass is 9.88. The summed E-state index contributed by atoms with van der Waals surface area (Å²) >= 11 is 0. The van der Waals surface area contributed by atoms with Crippen LogP contribution in [0.2, 0.25) is 0 Å². The molecule has 0 amide bonds. The minimum Gasteiger partial charge on any atom is -0.392 e. The van der Waals surface area contributed by atoms with Gasteiger partial charge in [0.1, 0.15) is 0 Å². The molecule has 0 aromatic rings. The van der Waals surface area contributed by atoms with Gasteiger partial charge in [-0.2, -0.15) is 0 Å². The molecule has 1 rings (SSSR count). The summed E-state index contributed by atoms with van der Waals surface area (Å²) in [5.41, 5.74) is 0. The molecule has 2 heteroatoms. The van der Waals surface area contributed by atoms with E-state index >= 15 is 0 Å². The fourth-order valence-corrected chi connectivity index (χ4v) is 1.94. The van der Waals surface area contributed by atoms with E-state index in [0.717, 1.165) is 31.3 Å². The van der Waals surface area contributed by atoms with Crippen molar-refractivity contribution >= 4 is 0 Å². The summed E-state index contributed by atoms with van der Waals surface area (Å²) in [5.74, 6) is 1.65. The molecule has 78 valence electrons. The van der Waals surface area contributed by atoms with E-state index in [0.29, 0.717) is 0 Å². The lowest BCUT2D eigenvalue weighted by Gasteiger charge is -2.36. The number of likely N-dealkylation sites (tertiary alicyclic amines) is 1. The highest BCUT2D eigenvalue weighted by Gasteiger charge is 2.23. The average molecular weight is 185 g/mol. The zero-order chi connectivity index (χ0) is 9.84. The summed E-state index contributed by atoms with van der Waals surface area (Å²) in [6.45, 7) is 9.89. The van der Waals surface area contributed by atoms with Crippen molar-refractivity contribution in [3.63, 3.8) is 0 Å². The lowest BCUT2D eigenvalue weighted by molar-refractivity contribution is 0.0689. The predicted octanol–water partition coefficient (Wildman–Crippen LogP) is 1.74. The van der Waals surface area contributed by atoms with E-state index in [4.69, 9.17) is 0 Å². The van der Waals surface area contributed by atoms with E-state index in [1.807, 2.05) is 6.92 Å². The molecule has 1 fully saturated rings. The lowest BCUT2D eigenvalue weighted by Crippen LogP contribution is -2.42. The number of β-amino-alcohol motifs (C(OH)–C–C–N with tert-alkyl or cyclic N) is 1. The molecule has 0 radical (unpaired) electrons. The van der Waals surface area contributed by atoms with Crippen LogP contribution in [0.1, 0.15) is 33.6 Å². The first-order valence-electron chi connectivity index (χ1n) is 5.54. The first-order chi connectivity index (χ1) is 6.13. The molecule has 0 saturated carbocycles. The smallest absolute Gasteiger partial charge is 0.0664 e. The molecule has 1 N–H and O–H groups in total. The van der Waals surface area contributed by atoms with Crippen LogP contribution in [0.5, 0.6) is 0 Å². The summed E-state index contributed by atoms with van der Waals surface area (Å²) in [6, 6.07) is 0. The summed E-state index contributed by atoms with van der Waals surface area (Å²) in [4.78, 5) is 2.40. The highest BCUT2D eigenvalue weighted by Crippen LogP contribution is 2.22. The van der Waals surface area contributed by atoms with Crippen molar-refractivity contribution < 1.29 is 5.11 Å². The average Bonchev–Trinajstić information content (AvgIpc) is 2.11. The monoisotopic (exact) mass is 185 g/mol. The normalized spacial score (nSPS) is 33.2. The molecule has 0 aliphatic carbocycles. The van der Waals surface area contributed by atoms with Crippen LogP contribution >= 0.6 is 0 Å². The Morgan fingerprint density at radius 1 is 1.38 bits per heavy atom. The number of rotatable bonds is 3. The zero-order valence-corrected chi connectivity index (χ0v) is 9.16. The van der Waals surface area contributed by atoms with Gasteiger partial charge < -0.3 is 10.0 Å². The molecule has 1 aliphatic rings. The summed E-state index contributed by atoms with van der Waals surface area (Å²) < 4.78 is 0. The molecule has 1 saturated heterocycles. The number of aliphatic hydroxyl groups is 1. The van der Waals surface area contributed by atoms with Gasteiger partial charge in [0.25, 0.3) is 0 Å². The van der Waals surface area contributed by atoms with Gasteiger partial charge in [0.05, 0.1) is 6.10 Å². The van der Waals surface area contributed by atoms with E-state index in [2.05, 4.69) is 18.7 Å². The summed E-state index contributed by atoms with van der Waals surface area (Å²) in [6.07, 6.45) is 2.04. The van der Waals surface area contributed by atoms with Gasteiger partial charge in [-0.25, -0.2) is 0 Å². The Morgan fingerprint density at radius 2 is 2.08 bits per heavy atom. The van der Waals surface area contributed by atoms with E-state index in [9.17, 15) is 5.11 Å². The van der Waals surface area contributed by atoms with Crippen molar-refractivity contribution in [2.45, 2.75) is 39.7 Å². The largest absolute Gasteiger partial charge is 0.392 e. The fraction of sp³-hybridized carbons (Fsp3) is 1.00. The van der Waals surface area contributed by atoms with Gasteiger partial charge in [-0.1, -0.05) is 20.8 Å². The third-order valence-electron chi connectivity index (χ3n) is 3.36. The number of aliphatic hydroxyl groups excluding tert-OH is 1. The van der Waals surface area contributed by atoms with Crippen molar-refractivity contribution in [3.8, 4) is 0 Å². The van der Waals surface area contributed by atoms with Crippen molar-refractivity contribution in [1.82, 2.24) is 4.90 Å². The molecule has 0 aromatic carbocycles. The molecular formula is C11H23NO. The highest BCUT2D eigenvalue weighted by atomic mass is 16.3. The molecule has 1 aliphatic heterocycles. The number of hydrogen-bond donors (Lipinski definition) is 1. The number of hydrogen-bond acceptors (Lipinski definition) is 2. The standard InChI is InChI=1S/C11H23NO/c1-4-11(13)8-12-6-5-9(2)10(3)7-12/h9-11,13H,4-8H2,1-3H3. The second-order valence-corrected chi connectivity index (χ2v) is 4.56. The maximum Gasteiger partial charge on any atom is 0.0664 e. The van der Waals surface area contributed by atoms with Gasteiger partial charge in [-0.05, 0) is 31.2 Å². The summed E-state index contributed by atoms with van der Waals surface area (Å²) in [5, 5.41) is 9.52. The van der Waals surface area contributed by atoms with Gasteiger partial charge in [-0.3, -0.25) is 0 Å². The number of nitrogens with zero attached hydrogens (tertiary/aromatic N) is 1. The van der Waals surface area contributed by atoms with Gasteiger partial charge in [0, 0.05) is 13.1 Å². The second kappa shape index (κ2) is 4.97. The maximum absolute atomic E-state index is 9.52. The van der Waals surface area contributed by atoms with E-state index in [-0.39, 0.29) is 6.10 Å². The van der Waals surface area contributed by atoms with Crippen LogP contribution < -0.4 is 0 Å². The SMILES string of the molecule is CCC(O)CN1CCC(C)C(C)C1. The quantitative estimate of drug-likeness (QED) is 0.724. The molecule has 3 unspecified atom stereocenters. The maximum atomic E-state index is 9.52. The fourth-order valence-electron chi connectivity index (χ4n) is 1.94. The molecule has 13 heavy (non-hydrogen) atoms.